The normalized spacial score (nSPS) is 10.9. The van der Waals surface area contributed by atoms with Crippen molar-refractivity contribution in [3.05, 3.63) is 52.6 Å². The second kappa shape index (κ2) is 4.62. The first kappa shape index (κ1) is 12.1. The lowest BCUT2D eigenvalue weighted by Crippen LogP contribution is -1.92. The van der Waals surface area contributed by atoms with E-state index >= 15 is 0 Å². The first-order valence-corrected chi connectivity index (χ1v) is 6.36. The Labute approximate surface area is 117 Å². The van der Waals surface area contributed by atoms with Crippen LogP contribution in [0.5, 0.6) is 11.5 Å². The molecule has 0 atom stereocenters. The SMILES string of the molecule is Cc1cc(Br)c(F)cc1Oc1ccn2ncnc2c1. The maximum atomic E-state index is 13.5. The molecule has 4 nitrogen and oxygen atoms in total. The van der Waals surface area contributed by atoms with E-state index in [2.05, 4.69) is 26.0 Å². The summed E-state index contributed by atoms with van der Waals surface area (Å²) in [6.45, 7) is 1.86. The summed E-state index contributed by atoms with van der Waals surface area (Å²) < 4.78 is 21.2. The van der Waals surface area contributed by atoms with Crippen molar-refractivity contribution in [1.29, 1.82) is 0 Å². The third-order valence-corrected chi connectivity index (χ3v) is 3.31. The Morgan fingerprint density at radius 3 is 3.00 bits per heavy atom. The van der Waals surface area contributed by atoms with Crippen LogP contribution >= 0.6 is 15.9 Å². The molecule has 96 valence electrons. The summed E-state index contributed by atoms with van der Waals surface area (Å²) in [5.74, 6) is 0.707. The molecule has 6 heteroatoms. The number of rotatable bonds is 2. The average Bonchev–Trinajstić information content (AvgIpc) is 2.83. The van der Waals surface area contributed by atoms with E-state index in [0.717, 1.165) is 5.56 Å². The molecule has 0 radical (unpaired) electrons. The molecule has 0 bridgehead atoms. The fourth-order valence-electron chi connectivity index (χ4n) is 1.73. The van der Waals surface area contributed by atoms with Gasteiger partial charge in [0.15, 0.2) is 5.65 Å². The smallest absolute Gasteiger partial charge is 0.158 e. The first-order valence-electron chi connectivity index (χ1n) is 5.56. The number of aryl methyl sites for hydroxylation is 1. The van der Waals surface area contributed by atoms with Gasteiger partial charge in [-0.15, -0.1) is 0 Å². The molecule has 0 aliphatic heterocycles. The van der Waals surface area contributed by atoms with Crippen LogP contribution in [-0.4, -0.2) is 14.6 Å². The van der Waals surface area contributed by atoms with Crippen LogP contribution in [0.1, 0.15) is 5.56 Å². The predicted molar refractivity (Wildman–Crippen MR) is 71.9 cm³/mol. The van der Waals surface area contributed by atoms with Gasteiger partial charge in [0, 0.05) is 18.3 Å². The second-order valence-electron chi connectivity index (χ2n) is 4.06. The standard InChI is InChI=1S/C13H9BrFN3O/c1-8-4-10(14)11(15)6-12(8)19-9-2-3-18-13(5-9)16-7-17-18/h2-7H,1H3. The van der Waals surface area contributed by atoms with Crippen molar-refractivity contribution in [2.45, 2.75) is 6.92 Å². The zero-order valence-electron chi connectivity index (χ0n) is 9.97. The largest absolute Gasteiger partial charge is 0.457 e. The van der Waals surface area contributed by atoms with Crippen LogP contribution in [0.2, 0.25) is 0 Å². The van der Waals surface area contributed by atoms with Gasteiger partial charge in [-0.2, -0.15) is 5.10 Å². The average molecular weight is 322 g/mol. The Hall–Kier alpha value is -1.95. The van der Waals surface area contributed by atoms with Crippen molar-refractivity contribution in [3.63, 3.8) is 0 Å². The Kier molecular flexibility index (Phi) is 2.94. The van der Waals surface area contributed by atoms with Gasteiger partial charge in [-0.1, -0.05) is 0 Å². The zero-order chi connectivity index (χ0) is 13.4. The molecule has 2 aromatic heterocycles. The zero-order valence-corrected chi connectivity index (χ0v) is 11.6. The van der Waals surface area contributed by atoms with E-state index in [1.54, 1.807) is 28.9 Å². The van der Waals surface area contributed by atoms with Crippen LogP contribution in [0.15, 0.2) is 41.3 Å². The number of pyridine rings is 1. The molecule has 19 heavy (non-hydrogen) atoms. The summed E-state index contributed by atoms with van der Waals surface area (Å²) in [5.41, 5.74) is 1.52. The topological polar surface area (TPSA) is 39.4 Å². The van der Waals surface area contributed by atoms with E-state index in [0.29, 0.717) is 21.6 Å². The molecule has 0 fully saturated rings. The highest BCUT2D eigenvalue weighted by Gasteiger charge is 2.08. The number of halogens is 2. The molecular weight excluding hydrogens is 313 g/mol. The Balaban J connectivity index is 1.98. The van der Waals surface area contributed by atoms with Gasteiger partial charge in [0.05, 0.1) is 4.47 Å². The minimum Gasteiger partial charge on any atom is -0.457 e. The van der Waals surface area contributed by atoms with E-state index < -0.39 is 0 Å². The molecule has 0 N–H and O–H groups in total. The number of nitrogens with zero attached hydrogens (tertiary/aromatic N) is 3. The lowest BCUT2D eigenvalue weighted by atomic mass is 10.2. The Morgan fingerprint density at radius 1 is 1.32 bits per heavy atom. The van der Waals surface area contributed by atoms with E-state index in [4.69, 9.17) is 4.74 Å². The second-order valence-corrected chi connectivity index (χ2v) is 4.91. The number of aromatic nitrogens is 3. The summed E-state index contributed by atoms with van der Waals surface area (Å²) in [4.78, 5) is 4.07. The molecule has 2 heterocycles. The molecule has 0 saturated heterocycles. The van der Waals surface area contributed by atoms with Gasteiger partial charge >= 0.3 is 0 Å². The number of fused-ring (bicyclic) bond motifs is 1. The van der Waals surface area contributed by atoms with Crippen molar-refractivity contribution >= 4 is 21.6 Å². The minimum absolute atomic E-state index is 0.357. The van der Waals surface area contributed by atoms with Gasteiger partial charge < -0.3 is 4.74 Å². The highest BCUT2D eigenvalue weighted by Crippen LogP contribution is 2.29. The van der Waals surface area contributed by atoms with E-state index in [-0.39, 0.29) is 5.82 Å². The van der Waals surface area contributed by atoms with Gasteiger partial charge in [0.1, 0.15) is 23.6 Å². The molecule has 3 aromatic rings. The van der Waals surface area contributed by atoms with Gasteiger partial charge in [0.25, 0.3) is 0 Å². The third-order valence-electron chi connectivity index (χ3n) is 2.70. The molecule has 0 unspecified atom stereocenters. The summed E-state index contributed by atoms with van der Waals surface area (Å²) in [5, 5.41) is 3.99. The van der Waals surface area contributed by atoms with Gasteiger partial charge in [-0.25, -0.2) is 13.9 Å². The van der Waals surface area contributed by atoms with E-state index in [1.165, 1.54) is 12.4 Å². The number of hydrogen-bond donors (Lipinski definition) is 0. The summed E-state index contributed by atoms with van der Waals surface area (Å²) >= 11 is 3.14. The lowest BCUT2D eigenvalue weighted by molar-refractivity contribution is 0.472. The van der Waals surface area contributed by atoms with Crippen molar-refractivity contribution in [2.75, 3.05) is 0 Å². The molecule has 0 aliphatic rings. The monoisotopic (exact) mass is 321 g/mol. The molecule has 1 aromatic carbocycles. The van der Waals surface area contributed by atoms with E-state index in [1.807, 2.05) is 6.92 Å². The van der Waals surface area contributed by atoms with Crippen LogP contribution < -0.4 is 4.74 Å². The fourth-order valence-corrected chi connectivity index (χ4v) is 2.18. The van der Waals surface area contributed by atoms with Crippen molar-refractivity contribution in [3.8, 4) is 11.5 Å². The van der Waals surface area contributed by atoms with Crippen LogP contribution in [0, 0.1) is 12.7 Å². The minimum atomic E-state index is -0.357. The molecule has 0 spiro atoms. The summed E-state index contributed by atoms with van der Waals surface area (Å²) in [6, 6.07) is 6.53. The maximum Gasteiger partial charge on any atom is 0.158 e. The van der Waals surface area contributed by atoms with Gasteiger partial charge in [-0.3, -0.25) is 0 Å². The van der Waals surface area contributed by atoms with Crippen molar-refractivity contribution < 1.29 is 9.13 Å². The number of ether oxygens (including phenoxy) is 1. The quantitative estimate of drug-likeness (QED) is 0.722. The van der Waals surface area contributed by atoms with Crippen LogP contribution in [0.4, 0.5) is 4.39 Å². The van der Waals surface area contributed by atoms with Crippen molar-refractivity contribution in [2.24, 2.45) is 0 Å². The highest BCUT2D eigenvalue weighted by molar-refractivity contribution is 9.10. The van der Waals surface area contributed by atoms with Gasteiger partial charge in [0.2, 0.25) is 0 Å². The Bertz CT molecular complexity index is 757. The first-order chi connectivity index (χ1) is 9.13. The molecule has 0 amide bonds. The van der Waals surface area contributed by atoms with Gasteiger partial charge in [-0.05, 0) is 40.5 Å². The lowest BCUT2D eigenvalue weighted by Gasteiger charge is -2.09. The van der Waals surface area contributed by atoms with Crippen LogP contribution in [0.25, 0.3) is 5.65 Å². The third kappa shape index (κ3) is 2.31. The number of benzene rings is 1. The highest BCUT2D eigenvalue weighted by atomic mass is 79.9. The maximum absolute atomic E-state index is 13.5. The van der Waals surface area contributed by atoms with Crippen LogP contribution in [-0.2, 0) is 0 Å². The molecule has 0 saturated carbocycles. The molecular formula is C13H9BrFN3O. The number of hydrogen-bond acceptors (Lipinski definition) is 3. The van der Waals surface area contributed by atoms with Crippen molar-refractivity contribution in [1.82, 2.24) is 14.6 Å². The molecule has 0 aliphatic carbocycles. The predicted octanol–water partition coefficient (Wildman–Crippen LogP) is 3.73. The fraction of sp³-hybridized carbons (Fsp3) is 0.0769. The summed E-state index contributed by atoms with van der Waals surface area (Å²) in [7, 11) is 0. The van der Waals surface area contributed by atoms with Crippen LogP contribution in [0.3, 0.4) is 0 Å². The summed E-state index contributed by atoms with van der Waals surface area (Å²) in [6.07, 6.45) is 3.20. The van der Waals surface area contributed by atoms with E-state index in [9.17, 15) is 4.39 Å². The Morgan fingerprint density at radius 2 is 2.16 bits per heavy atom. The molecule has 3 rings (SSSR count).